The van der Waals surface area contributed by atoms with Crippen LogP contribution in [0.2, 0.25) is 0 Å². The van der Waals surface area contributed by atoms with E-state index in [0.717, 1.165) is 15.2 Å². The summed E-state index contributed by atoms with van der Waals surface area (Å²) in [5.41, 5.74) is 6.75. The third kappa shape index (κ3) is 1.64. The maximum Gasteiger partial charge on any atom is 0.113 e. The molecule has 2 atom stereocenters. The Morgan fingerprint density at radius 3 is 2.79 bits per heavy atom. The van der Waals surface area contributed by atoms with E-state index in [1.54, 1.807) is 6.92 Å². The van der Waals surface area contributed by atoms with Gasteiger partial charge in [0, 0.05) is 0 Å². The number of aliphatic hydroxyl groups is 1. The molecule has 1 aromatic heterocycles. The highest BCUT2D eigenvalue weighted by Crippen LogP contribution is 2.26. The molecule has 2 rings (SSSR count). The summed E-state index contributed by atoms with van der Waals surface area (Å²) in [5, 5.41) is 10.1. The zero-order chi connectivity index (χ0) is 10.1. The molecule has 1 aromatic carbocycles. The molecule has 2 unspecified atom stereocenters. The Labute approximate surface area is 86.2 Å². The zero-order valence-electron chi connectivity index (χ0n) is 7.84. The molecule has 0 bridgehead atoms. The fraction of sp³-hybridized carbons (Fsp3) is 0.300. The van der Waals surface area contributed by atoms with Gasteiger partial charge in [0.1, 0.15) is 5.01 Å². The van der Waals surface area contributed by atoms with E-state index in [-0.39, 0.29) is 6.04 Å². The number of thiazole rings is 1. The van der Waals surface area contributed by atoms with Crippen LogP contribution in [0.4, 0.5) is 0 Å². The minimum atomic E-state index is -0.560. The smallest absolute Gasteiger partial charge is 0.113 e. The van der Waals surface area contributed by atoms with Crippen molar-refractivity contribution in [3.8, 4) is 0 Å². The Hall–Kier alpha value is -0.970. The molecule has 3 N–H and O–H groups in total. The van der Waals surface area contributed by atoms with Crippen molar-refractivity contribution in [3.63, 3.8) is 0 Å². The Kier molecular flexibility index (Phi) is 2.50. The van der Waals surface area contributed by atoms with Gasteiger partial charge in [0.2, 0.25) is 0 Å². The summed E-state index contributed by atoms with van der Waals surface area (Å²) in [7, 11) is 0. The van der Waals surface area contributed by atoms with Crippen molar-refractivity contribution in [1.82, 2.24) is 4.98 Å². The van der Waals surface area contributed by atoms with Crippen molar-refractivity contribution >= 4 is 21.6 Å². The van der Waals surface area contributed by atoms with Crippen molar-refractivity contribution < 1.29 is 5.11 Å². The van der Waals surface area contributed by atoms with E-state index < -0.39 is 6.10 Å². The van der Waals surface area contributed by atoms with E-state index in [0.29, 0.717) is 0 Å². The lowest BCUT2D eigenvalue weighted by molar-refractivity contribution is 0.164. The van der Waals surface area contributed by atoms with Crippen LogP contribution in [0.1, 0.15) is 18.0 Å². The van der Waals surface area contributed by atoms with Gasteiger partial charge in [-0.05, 0) is 19.1 Å². The normalized spacial score (nSPS) is 15.6. The summed E-state index contributed by atoms with van der Waals surface area (Å²) in [6, 6.07) is 7.49. The van der Waals surface area contributed by atoms with Crippen LogP contribution in [0.15, 0.2) is 24.3 Å². The second-order valence-corrected chi connectivity index (χ2v) is 4.35. The molecule has 74 valence electrons. The second kappa shape index (κ2) is 3.65. The fourth-order valence-electron chi connectivity index (χ4n) is 1.24. The lowest BCUT2D eigenvalue weighted by Crippen LogP contribution is -2.22. The molecule has 0 spiro atoms. The molecule has 0 aliphatic heterocycles. The first-order valence-electron chi connectivity index (χ1n) is 4.47. The Morgan fingerprint density at radius 2 is 2.14 bits per heavy atom. The summed E-state index contributed by atoms with van der Waals surface area (Å²) >= 11 is 1.54. The van der Waals surface area contributed by atoms with E-state index >= 15 is 0 Å². The standard InChI is InChI=1S/C10H12N2OS/c1-6(13)9(11)10-12-7-4-2-3-5-8(7)14-10/h2-6,9,13H,11H2,1H3. The van der Waals surface area contributed by atoms with Crippen LogP contribution in [0.3, 0.4) is 0 Å². The second-order valence-electron chi connectivity index (χ2n) is 3.29. The molecule has 3 nitrogen and oxygen atoms in total. The first kappa shape index (κ1) is 9.58. The van der Waals surface area contributed by atoms with Gasteiger partial charge >= 0.3 is 0 Å². The molecular weight excluding hydrogens is 196 g/mol. The first-order valence-corrected chi connectivity index (χ1v) is 5.29. The number of nitrogens with zero attached hydrogens (tertiary/aromatic N) is 1. The molecule has 0 aliphatic rings. The summed E-state index contributed by atoms with van der Waals surface area (Å²) in [6.45, 7) is 1.68. The third-order valence-electron chi connectivity index (χ3n) is 2.12. The van der Waals surface area contributed by atoms with Crippen LogP contribution in [-0.4, -0.2) is 16.2 Å². The van der Waals surface area contributed by atoms with Crippen molar-refractivity contribution in [1.29, 1.82) is 0 Å². The first-order chi connectivity index (χ1) is 6.68. The SMILES string of the molecule is CC(O)C(N)c1nc2ccccc2s1. The number of nitrogens with two attached hydrogens (primary N) is 1. The van der Waals surface area contributed by atoms with Crippen LogP contribution in [0.5, 0.6) is 0 Å². The van der Waals surface area contributed by atoms with E-state index in [1.165, 1.54) is 11.3 Å². The van der Waals surface area contributed by atoms with E-state index in [2.05, 4.69) is 4.98 Å². The average Bonchev–Trinajstić information content (AvgIpc) is 2.59. The van der Waals surface area contributed by atoms with E-state index in [4.69, 9.17) is 5.73 Å². The van der Waals surface area contributed by atoms with Gasteiger partial charge in [-0.15, -0.1) is 11.3 Å². The topological polar surface area (TPSA) is 59.1 Å². The van der Waals surface area contributed by atoms with Crippen LogP contribution < -0.4 is 5.73 Å². The van der Waals surface area contributed by atoms with Crippen molar-refractivity contribution in [2.45, 2.75) is 19.1 Å². The third-order valence-corrected chi connectivity index (χ3v) is 3.25. The number of rotatable bonds is 2. The molecule has 0 fully saturated rings. The minimum absolute atomic E-state index is 0.382. The van der Waals surface area contributed by atoms with Gasteiger partial charge in [0.05, 0.1) is 22.4 Å². The van der Waals surface area contributed by atoms with E-state index in [9.17, 15) is 5.11 Å². The lowest BCUT2D eigenvalue weighted by Gasteiger charge is -2.10. The highest BCUT2D eigenvalue weighted by Gasteiger charge is 2.16. The number of para-hydroxylation sites is 1. The Bertz CT molecular complexity index is 405. The number of aliphatic hydroxyl groups excluding tert-OH is 1. The average molecular weight is 208 g/mol. The highest BCUT2D eigenvalue weighted by molar-refractivity contribution is 7.18. The fourth-order valence-corrected chi connectivity index (χ4v) is 2.31. The van der Waals surface area contributed by atoms with Gasteiger partial charge in [0.25, 0.3) is 0 Å². The molecule has 0 saturated heterocycles. The Morgan fingerprint density at radius 1 is 1.43 bits per heavy atom. The summed E-state index contributed by atoms with van der Waals surface area (Å²) in [6.07, 6.45) is -0.560. The van der Waals surface area contributed by atoms with Gasteiger partial charge in [-0.1, -0.05) is 12.1 Å². The molecule has 0 radical (unpaired) electrons. The predicted octanol–water partition coefficient (Wildman–Crippen LogP) is 1.68. The number of benzene rings is 1. The van der Waals surface area contributed by atoms with Crippen LogP contribution in [-0.2, 0) is 0 Å². The van der Waals surface area contributed by atoms with Crippen molar-refractivity contribution in [3.05, 3.63) is 29.3 Å². The molecule has 0 saturated carbocycles. The maximum absolute atomic E-state index is 9.34. The number of fused-ring (bicyclic) bond motifs is 1. The van der Waals surface area contributed by atoms with Crippen molar-refractivity contribution in [2.75, 3.05) is 0 Å². The maximum atomic E-state index is 9.34. The largest absolute Gasteiger partial charge is 0.391 e. The van der Waals surface area contributed by atoms with Crippen LogP contribution in [0.25, 0.3) is 10.2 Å². The molecule has 4 heteroatoms. The van der Waals surface area contributed by atoms with Crippen molar-refractivity contribution in [2.24, 2.45) is 5.73 Å². The summed E-state index contributed by atoms with van der Waals surface area (Å²) in [5.74, 6) is 0. The zero-order valence-corrected chi connectivity index (χ0v) is 8.66. The lowest BCUT2D eigenvalue weighted by atomic mass is 10.2. The molecule has 2 aromatic rings. The van der Waals surface area contributed by atoms with Crippen LogP contribution in [0, 0.1) is 0 Å². The quantitative estimate of drug-likeness (QED) is 0.789. The predicted molar refractivity (Wildman–Crippen MR) is 58.2 cm³/mol. The summed E-state index contributed by atoms with van der Waals surface area (Å²) < 4.78 is 1.11. The minimum Gasteiger partial charge on any atom is -0.391 e. The van der Waals surface area contributed by atoms with Gasteiger partial charge in [0.15, 0.2) is 0 Å². The molecule has 0 amide bonds. The number of hydrogen-bond donors (Lipinski definition) is 2. The highest BCUT2D eigenvalue weighted by atomic mass is 32.1. The van der Waals surface area contributed by atoms with Crippen LogP contribution >= 0.6 is 11.3 Å². The van der Waals surface area contributed by atoms with Gasteiger partial charge in [-0.3, -0.25) is 0 Å². The molecule has 0 aliphatic carbocycles. The number of hydrogen-bond acceptors (Lipinski definition) is 4. The summed E-state index contributed by atoms with van der Waals surface area (Å²) in [4.78, 5) is 4.37. The van der Waals surface area contributed by atoms with Gasteiger partial charge in [-0.25, -0.2) is 4.98 Å². The monoisotopic (exact) mass is 208 g/mol. The molecule has 1 heterocycles. The molecular formula is C10H12N2OS. The van der Waals surface area contributed by atoms with Gasteiger partial charge < -0.3 is 10.8 Å². The molecule has 14 heavy (non-hydrogen) atoms. The van der Waals surface area contributed by atoms with E-state index in [1.807, 2.05) is 24.3 Å². The number of aromatic nitrogens is 1. The Balaban J connectivity index is 2.45. The van der Waals surface area contributed by atoms with Gasteiger partial charge in [-0.2, -0.15) is 0 Å².